The summed E-state index contributed by atoms with van der Waals surface area (Å²) in [5.74, 6) is -1.06. The van der Waals surface area contributed by atoms with E-state index in [-0.39, 0.29) is 24.9 Å². The minimum atomic E-state index is -0.846. The maximum atomic E-state index is 12.4. The SMILES string of the molecule is CCCCCCCCC/C=C\CCCCCCCCCCCC(CCCCCCCCCC/C=C\CCCCCCCCC)OC(=O)CCCC(=O)O. The second kappa shape index (κ2) is 44.8. The number of aliphatic carboxylic acids is 1. The number of carboxylic acid groups (broad SMARTS) is 1. The molecule has 0 aromatic carbocycles. The Balaban J connectivity index is 3.86. The van der Waals surface area contributed by atoms with Crippen LogP contribution in [0.2, 0.25) is 0 Å². The second-order valence-electron chi connectivity index (χ2n) is 16.3. The van der Waals surface area contributed by atoms with Crippen LogP contribution in [0.3, 0.4) is 0 Å². The first-order chi connectivity index (χ1) is 26.1. The number of carbonyl (C=O) groups is 2. The van der Waals surface area contributed by atoms with Crippen molar-refractivity contribution in [3.63, 3.8) is 0 Å². The molecule has 1 atom stereocenters. The molecular weight excluding hydrogens is 653 g/mol. The number of rotatable bonds is 44. The summed E-state index contributed by atoms with van der Waals surface area (Å²) in [7, 11) is 0. The Morgan fingerprint density at radius 2 is 0.679 bits per heavy atom. The van der Waals surface area contributed by atoms with Gasteiger partial charge in [0.25, 0.3) is 0 Å². The average molecular weight is 745 g/mol. The van der Waals surface area contributed by atoms with Crippen LogP contribution in [0.4, 0.5) is 0 Å². The van der Waals surface area contributed by atoms with E-state index in [2.05, 4.69) is 38.2 Å². The summed E-state index contributed by atoms with van der Waals surface area (Å²) in [5, 5.41) is 8.91. The van der Waals surface area contributed by atoms with Gasteiger partial charge >= 0.3 is 11.9 Å². The van der Waals surface area contributed by atoms with Crippen molar-refractivity contribution in [3.05, 3.63) is 24.3 Å². The molecule has 0 heterocycles. The molecule has 0 rings (SSSR count). The van der Waals surface area contributed by atoms with Gasteiger partial charge in [0.15, 0.2) is 0 Å². The van der Waals surface area contributed by atoms with Crippen molar-refractivity contribution in [2.24, 2.45) is 0 Å². The largest absolute Gasteiger partial charge is 0.481 e. The molecule has 0 radical (unpaired) electrons. The van der Waals surface area contributed by atoms with Crippen molar-refractivity contribution in [1.82, 2.24) is 0 Å². The van der Waals surface area contributed by atoms with Gasteiger partial charge in [0.05, 0.1) is 0 Å². The molecule has 312 valence electrons. The second-order valence-corrected chi connectivity index (χ2v) is 16.3. The molecule has 4 heteroatoms. The molecule has 0 aliphatic heterocycles. The van der Waals surface area contributed by atoms with E-state index in [1.54, 1.807) is 0 Å². The Morgan fingerprint density at radius 1 is 0.396 bits per heavy atom. The Bertz CT molecular complexity index is 802. The Hall–Kier alpha value is -1.58. The highest BCUT2D eigenvalue weighted by Gasteiger charge is 2.15. The average Bonchev–Trinajstić information content (AvgIpc) is 3.14. The molecular formula is C49H92O4. The summed E-state index contributed by atoms with van der Waals surface area (Å²) in [6.45, 7) is 4.57. The zero-order chi connectivity index (χ0) is 38.6. The lowest BCUT2D eigenvalue weighted by Crippen LogP contribution is -2.18. The fourth-order valence-electron chi connectivity index (χ4n) is 7.37. The van der Waals surface area contributed by atoms with E-state index in [0.717, 1.165) is 25.7 Å². The van der Waals surface area contributed by atoms with Crippen LogP contribution in [-0.4, -0.2) is 23.1 Å². The molecule has 0 amide bonds. The lowest BCUT2D eigenvalue weighted by atomic mass is 10.0. The van der Waals surface area contributed by atoms with Crippen molar-refractivity contribution < 1.29 is 19.4 Å². The third-order valence-corrected chi connectivity index (χ3v) is 10.9. The van der Waals surface area contributed by atoms with Crippen LogP contribution in [0.1, 0.15) is 271 Å². The fourth-order valence-corrected chi connectivity index (χ4v) is 7.37. The zero-order valence-electron chi connectivity index (χ0n) is 35.8. The number of carboxylic acids is 1. The summed E-state index contributed by atoms with van der Waals surface area (Å²) >= 11 is 0. The van der Waals surface area contributed by atoms with E-state index in [1.807, 2.05) is 0 Å². The molecule has 1 N–H and O–H groups in total. The minimum Gasteiger partial charge on any atom is -0.481 e. The van der Waals surface area contributed by atoms with Gasteiger partial charge in [0, 0.05) is 12.8 Å². The lowest BCUT2D eigenvalue weighted by molar-refractivity contribution is -0.150. The first kappa shape index (κ1) is 51.4. The fraction of sp³-hybridized carbons (Fsp3) is 0.878. The monoisotopic (exact) mass is 745 g/mol. The van der Waals surface area contributed by atoms with Crippen LogP contribution in [0, 0.1) is 0 Å². The van der Waals surface area contributed by atoms with Crippen molar-refractivity contribution >= 4 is 11.9 Å². The molecule has 0 aliphatic rings. The van der Waals surface area contributed by atoms with Crippen LogP contribution >= 0.6 is 0 Å². The molecule has 0 aliphatic carbocycles. The molecule has 0 saturated carbocycles. The molecule has 1 unspecified atom stereocenters. The van der Waals surface area contributed by atoms with E-state index in [4.69, 9.17) is 9.84 Å². The molecule has 53 heavy (non-hydrogen) atoms. The van der Waals surface area contributed by atoms with Gasteiger partial charge in [-0.25, -0.2) is 0 Å². The van der Waals surface area contributed by atoms with Gasteiger partial charge in [-0.1, -0.05) is 199 Å². The highest BCUT2D eigenvalue weighted by atomic mass is 16.5. The van der Waals surface area contributed by atoms with Gasteiger partial charge in [-0.3, -0.25) is 9.59 Å². The smallest absolute Gasteiger partial charge is 0.306 e. The van der Waals surface area contributed by atoms with Crippen LogP contribution in [0.5, 0.6) is 0 Å². The lowest BCUT2D eigenvalue weighted by Gasteiger charge is -2.18. The maximum absolute atomic E-state index is 12.4. The van der Waals surface area contributed by atoms with Gasteiger partial charge in [-0.05, 0) is 83.5 Å². The summed E-state index contributed by atoms with van der Waals surface area (Å²) < 4.78 is 5.87. The predicted octanol–water partition coefficient (Wildman–Crippen LogP) is 16.7. The van der Waals surface area contributed by atoms with Crippen LogP contribution in [-0.2, 0) is 14.3 Å². The molecule has 0 fully saturated rings. The van der Waals surface area contributed by atoms with Crippen LogP contribution < -0.4 is 0 Å². The molecule has 0 spiro atoms. The van der Waals surface area contributed by atoms with E-state index in [9.17, 15) is 9.59 Å². The molecule has 0 aromatic heterocycles. The van der Waals surface area contributed by atoms with Crippen LogP contribution in [0.25, 0.3) is 0 Å². The Labute approximate surface area is 331 Å². The molecule has 0 aromatic rings. The maximum Gasteiger partial charge on any atom is 0.306 e. The first-order valence-corrected chi connectivity index (χ1v) is 23.8. The van der Waals surface area contributed by atoms with Crippen molar-refractivity contribution in [1.29, 1.82) is 0 Å². The number of hydrogen-bond donors (Lipinski definition) is 1. The minimum absolute atomic E-state index is 0.00391. The normalized spacial score (nSPS) is 12.3. The number of unbranched alkanes of at least 4 members (excludes halogenated alkanes) is 31. The number of ether oxygens (including phenoxy) is 1. The van der Waals surface area contributed by atoms with Crippen molar-refractivity contribution in [2.45, 2.75) is 277 Å². The van der Waals surface area contributed by atoms with Crippen LogP contribution in [0.15, 0.2) is 24.3 Å². The quantitative estimate of drug-likeness (QED) is 0.0383. The van der Waals surface area contributed by atoms with Crippen molar-refractivity contribution in [3.8, 4) is 0 Å². The Morgan fingerprint density at radius 3 is 0.981 bits per heavy atom. The first-order valence-electron chi connectivity index (χ1n) is 23.8. The van der Waals surface area contributed by atoms with E-state index >= 15 is 0 Å². The van der Waals surface area contributed by atoms with Gasteiger partial charge in [-0.2, -0.15) is 0 Å². The van der Waals surface area contributed by atoms with E-state index in [0.29, 0.717) is 6.42 Å². The van der Waals surface area contributed by atoms with Gasteiger partial charge in [0.1, 0.15) is 6.10 Å². The number of hydrogen-bond acceptors (Lipinski definition) is 3. The number of esters is 1. The van der Waals surface area contributed by atoms with Gasteiger partial charge in [0.2, 0.25) is 0 Å². The highest BCUT2D eigenvalue weighted by molar-refractivity contribution is 5.71. The van der Waals surface area contributed by atoms with Gasteiger partial charge < -0.3 is 9.84 Å². The molecule has 0 bridgehead atoms. The summed E-state index contributed by atoms with van der Waals surface area (Å²) in [6.07, 6.45) is 58.6. The number of carbonyl (C=O) groups excluding carboxylic acids is 1. The summed E-state index contributed by atoms with van der Waals surface area (Å²) in [4.78, 5) is 23.3. The third-order valence-electron chi connectivity index (χ3n) is 10.9. The summed E-state index contributed by atoms with van der Waals surface area (Å²) in [6, 6.07) is 0. The van der Waals surface area contributed by atoms with Gasteiger partial charge in [-0.15, -0.1) is 0 Å². The highest BCUT2D eigenvalue weighted by Crippen LogP contribution is 2.19. The zero-order valence-corrected chi connectivity index (χ0v) is 35.8. The van der Waals surface area contributed by atoms with E-state index < -0.39 is 5.97 Å². The number of allylic oxidation sites excluding steroid dienone is 4. The standard InChI is InChI=1S/C49H92O4/c1-3-5-7-9-11-13-15-17-19-21-23-25-27-29-31-33-35-37-39-41-44-47(53-49(52)46-42-45-48(50)51)43-40-38-36-34-32-30-28-26-24-22-20-18-16-14-12-10-8-6-4-2/h19-22,47H,3-18,23-46H2,1-2H3,(H,50,51)/b21-19-,22-20-. The van der Waals surface area contributed by atoms with E-state index in [1.165, 1.54) is 212 Å². The van der Waals surface area contributed by atoms with Crippen molar-refractivity contribution in [2.75, 3.05) is 0 Å². The summed E-state index contributed by atoms with van der Waals surface area (Å²) in [5.41, 5.74) is 0. The molecule has 0 saturated heterocycles. The topological polar surface area (TPSA) is 63.6 Å². The Kier molecular flexibility index (Phi) is 43.5. The third kappa shape index (κ3) is 44.7. The molecule has 4 nitrogen and oxygen atoms in total. The predicted molar refractivity (Wildman–Crippen MR) is 232 cm³/mol.